The van der Waals surface area contributed by atoms with Gasteiger partial charge in [0, 0.05) is 16.8 Å². The average Bonchev–Trinajstić information content (AvgIpc) is 3.31. The molecule has 60 heavy (non-hydrogen) atoms. The molecule has 4 aliphatic carbocycles. The number of rotatable bonds is 5. The van der Waals surface area contributed by atoms with Crippen LogP contribution in [-0.4, -0.2) is 48.6 Å². The van der Waals surface area contributed by atoms with Crippen molar-refractivity contribution in [3.8, 4) is 0 Å². The molecule has 3 aromatic carbocycles. The number of nitrogens with zero attached hydrogens (tertiary/aromatic N) is 2. The largest absolute Gasteiger partial charge is 0.371 e. The van der Waals surface area contributed by atoms with Crippen molar-refractivity contribution in [2.45, 2.75) is 215 Å². The van der Waals surface area contributed by atoms with E-state index in [2.05, 4.69) is 127 Å². The summed E-state index contributed by atoms with van der Waals surface area (Å²) in [5.74, 6) is 0.703. The highest BCUT2D eigenvalue weighted by Gasteiger charge is 2.57. The number of anilines is 2. The molecule has 0 radical (unpaired) electrons. The summed E-state index contributed by atoms with van der Waals surface area (Å²) in [4.78, 5) is 5.78. The first-order chi connectivity index (χ1) is 29.6. The summed E-state index contributed by atoms with van der Waals surface area (Å²) >= 11 is 0. The van der Waals surface area contributed by atoms with Gasteiger partial charge in [0.2, 0.25) is 0 Å². The monoisotopic (exact) mass is 809 g/mol. The third-order valence-electron chi connectivity index (χ3n) is 16.1. The van der Waals surface area contributed by atoms with Gasteiger partial charge in [-0.15, -0.1) is 0 Å². The number of benzene rings is 2. The minimum Gasteiger partial charge on any atom is -0.371 e. The van der Waals surface area contributed by atoms with E-state index in [1.54, 1.807) is 5.56 Å². The van der Waals surface area contributed by atoms with E-state index in [1.807, 2.05) is 0 Å². The van der Waals surface area contributed by atoms with Gasteiger partial charge >= 0.3 is 0 Å². The highest BCUT2D eigenvalue weighted by atomic mass is 16.5. The van der Waals surface area contributed by atoms with Crippen molar-refractivity contribution < 1.29 is 9.47 Å². The molecular formula is C56H76N2O2. The molecule has 8 unspecified atom stereocenters. The summed E-state index contributed by atoms with van der Waals surface area (Å²) in [7, 11) is 0. The fourth-order valence-electron chi connectivity index (χ4n) is 12.7. The van der Waals surface area contributed by atoms with E-state index in [0.29, 0.717) is 30.1 Å². The van der Waals surface area contributed by atoms with E-state index in [4.69, 9.17) is 9.47 Å². The minimum absolute atomic E-state index is 0.115. The molecule has 9 rings (SSSR count). The molecule has 2 saturated heterocycles. The van der Waals surface area contributed by atoms with Gasteiger partial charge in [0.25, 0.3) is 0 Å². The molecule has 0 amide bonds. The molecule has 2 aliphatic heterocycles. The predicted octanol–water partition coefficient (Wildman–Crippen LogP) is 14.2. The lowest BCUT2D eigenvalue weighted by molar-refractivity contribution is -0.170. The SMILES string of the molecule is CC(C)(c1ccccccccc1)c1ccc(N2C3CCCCC3OC3CCC4C(OC5CCCCC5N4c4ccc(C5CCCCCCCCCCCC5)cc4)C32)cc1. The molecule has 6 aliphatic rings. The number of hydrogen-bond acceptors (Lipinski definition) is 4. The average molecular weight is 809 g/mol. The molecule has 322 valence electrons. The zero-order chi connectivity index (χ0) is 40.7. The predicted molar refractivity (Wildman–Crippen MR) is 251 cm³/mol. The van der Waals surface area contributed by atoms with E-state index in [9.17, 15) is 0 Å². The third kappa shape index (κ3) is 9.22. The van der Waals surface area contributed by atoms with E-state index in [0.717, 1.165) is 12.8 Å². The maximum absolute atomic E-state index is 7.54. The summed E-state index contributed by atoms with van der Waals surface area (Å²) in [6, 6.07) is 40.7. The van der Waals surface area contributed by atoms with Crippen LogP contribution in [0.3, 0.4) is 0 Å². The first-order valence-electron chi connectivity index (χ1n) is 25.0. The fraction of sp³-hybridized carbons (Fsp3) is 0.607. The van der Waals surface area contributed by atoms with Crippen molar-refractivity contribution >= 4 is 11.4 Å². The summed E-state index contributed by atoms with van der Waals surface area (Å²) in [6.07, 6.45) is 30.0. The Kier molecular flexibility index (Phi) is 13.9. The van der Waals surface area contributed by atoms with Crippen molar-refractivity contribution in [3.63, 3.8) is 0 Å². The molecule has 0 spiro atoms. The third-order valence-corrected chi connectivity index (χ3v) is 16.1. The molecule has 0 bridgehead atoms. The molecule has 4 nitrogen and oxygen atoms in total. The molecule has 8 atom stereocenters. The van der Waals surface area contributed by atoms with Gasteiger partial charge in [0.05, 0.1) is 42.5 Å². The summed E-state index contributed by atoms with van der Waals surface area (Å²) in [5.41, 5.74) is 6.89. The Labute approximate surface area is 364 Å². The molecule has 3 aromatic rings. The summed E-state index contributed by atoms with van der Waals surface area (Å²) < 4.78 is 14.8. The first-order valence-corrected chi connectivity index (χ1v) is 25.0. The van der Waals surface area contributed by atoms with Crippen LogP contribution in [0.2, 0.25) is 0 Å². The van der Waals surface area contributed by atoms with Gasteiger partial charge in [-0.25, -0.2) is 0 Å². The van der Waals surface area contributed by atoms with Crippen LogP contribution < -0.4 is 9.80 Å². The maximum Gasteiger partial charge on any atom is 0.101 e. The zero-order valence-electron chi connectivity index (χ0n) is 37.3. The molecule has 4 saturated carbocycles. The van der Waals surface area contributed by atoms with Crippen LogP contribution in [-0.2, 0) is 14.9 Å². The second-order valence-corrected chi connectivity index (χ2v) is 20.2. The smallest absolute Gasteiger partial charge is 0.101 e. The van der Waals surface area contributed by atoms with Gasteiger partial charge < -0.3 is 19.3 Å². The van der Waals surface area contributed by atoms with Crippen molar-refractivity contribution in [1.29, 1.82) is 0 Å². The normalized spacial score (nSPS) is 30.8. The lowest BCUT2D eigenvalue weighted by Crippen LogP contribution is -2.75. The van der Waals surface area contributed by atoms with Crippen LogP contribution in [0.5, 0.6) is 0 Å². The Morgan fingerprint density at radius 1 is 0.400 bits per heavy atom. The molecule has 6 fully saturated rings. The van der Waals surface area contributed by atoms with Crippen molar-refractivity contribution in [3.05, 3.63) is 120 Å². The minimum atomic E-state index is -0.141. The first kappa shape index (κ1) is 42.0. The molecule has 2 heterocycles. The number of hydrogen-bond donors (Lipinski definition) is 0. The molecular weight excluding hydrogens is 733 g/mol. The molecule has 0 aromatic heterocycles. The zero-order valence-corrected chi connectivity index (χ0v) is 37.3. The Bertz CT molecular complexity index is 1820. The van der Waals surface area contributed by atoms with Gasteiger partial charge in [-0.05, 0) is 98.2 Å². The Morgan fingerprint density at radius 2 is 0.867 bits per heavy atom. The van der Waals surface area contributed by atoms with Crippen LogP contribution in [0, 0.1) is 0 Å². The number of ether oxygens (including phenoxy) is 2. The van der Waals surface area contributed by atoms with Crippen molar-refractivity contribution in [2.75, 3.05) is 9.80 Å². The Morgan fingerprint density at radius 3 is 1.48 bits per heavy atom. The van der Waals surface area contributed by atoms with E-state index < -0.39 is 0 Å². The van der Waals surface area contributed by atoms with Gasteiger partial charge in [0.15, 0.2) is 0 Å². The second-order valence-electron chi connectivity index (χ2n) is 20.2. The standard InChI is InChI=1S/C56H76N2O2/c1-56(2,44-26-18-14-10-7-11-15-19-27-44)45-34-38-47(39-35-45)58-49-29-21-22-30-51(49)59-53-41-40-50-55(54(53)58)60-52-31-23-20-28-48(52)57(50)46-36-32-43(33-37-46)42-24-16-12-8-5-3-4-6-9-13-17-25-42/h7,10-11,14-15,18-19,26-27,32-39,42,48-55H,3-6,8-9,12-13,16-17,20-25,28-31,40-41H2,1-2H3. The van der Waals surface area contributed by atoms with Crippen LogP contribution in [0.25, 0.3) is 0 Å². The molecule has 0 N–H and O–H groups in total. The van der Waals surface area contributed by atoms with E-state index in [-0.39, 0.29) is 29.8 Å². The summed E-state index contributed by atoms with van der Waals surface area (Å²) in [5, 5.41) is 0. The van der Waals surface area contributed by atoms with E-state index >= 15 is 0 Å². The summed E-state index contributed by atoms with van der Waals surface area (Å²) in [6.45, 7) is 4.73. The lowest BCUT2D eigenvalue weighted by atomic mass is 9.75. The maximum atomic E-state index is 7.54. The topological polar surface area (TPSA) is 24.9 Å². The van der Waals surface area contributed by atoms with Crippen molar-refractivity contribution in [1.82, 2.24) is 0 Å². The quantitative estimate of drug-likeness (QED) is 0.256. The fourth-order valence-corrected chi connectivity index (χ4v) is 12.7. The highest BCUT2D eigenvalue weighted by Crippen LogP contribution is 2.48. The Hall–Kier alpha value is -3.34. The van der Waals surface area contributed by atoms with E-state index in [1.165, 1.54) is 151 Å². The van der Waals surface area contributed by atoms with Gasteiger partial charge in [-0.1, -0.05) is 183 Å². The highest BCUT2D eigenvalue weighted by molar-refractivity contribution is 5.56. The lowest BCUT2D eigenvalue weighted by Gasteiger charge is -2.62. The van der Waals surface area contributed by atoms with Crippen LogP contribution >= 0.6 is 0 Å². The van der Waals surface area contributed by atoms with Gasteiger partial charge in [-0.2, -0.15) is 0 Å². The van der Waals surface area contributed by atoms with Crippen LogP contribution in [0.15, 0.2) is 103 Å². The number of fused-ring (bicyclic) bond motifs is 5. The molecule has 4 heteroatoms. The second kappa shape index (κ2) is 19.8. The van der Waals surface area contributed by atoms with Gasteiger partial charge in [-0.3, -0.25) is 0 Å². The van der Waals surface area contributed by atoms with Crippen LogP contribution in [0.1, 0.15) is 178 Å². The van der Waals surface area contributed by atoms with Crippen LogP contribution in [0.4, 0.5) is 11.4 Å². The van der Waals surface area contributed by atoms with Crippen molar-refractivity contribution in [2.24, 2.45) is 0 Å². The Balaban J connectivity index is 1.01. The van der Waals surface area contributed by atoms with Gasteiger partial charge in [0.1, 0.15) is 6.10 Å². The number of morpholine rings is 2.